The standard InChI is InChI=1S/C48H42N8/c1-29-21-42-45(24-37(29)49)55(35-15-7-5-8-16-35)47-26-41(31(3)23-44(47)54-42)52-28-34-14-12-11-13-33(34)27-51-39-19-20-40-48(32(39)4)56(36-17-9-6-10-18-36)46-25-38(50)30(2)22-43(46)53-40/h5-26H,27-28H2,1-4H3,(H4,49,50,51,52)/p+2. The topological polar surface area (TPSA) is 110 Å². The molecule has 0 saturated heterocycles. The summed E-state index contributed by atoms with van der Waals surface area (Å²) in [5.41, 5.74) is 33.0. The summed E-state index contributed by atoms with van der Waals surface area (Å²) in [7, 11) is 0. The van der Waals surface area contributed by atoms with Gasteiger partial charge in [-0.3, -0.25) is 0 Å². The molecule has 2 aromatic heterocycles. The van der Waals surface area contributed by atoms with Crippen molar-refractivity contribution in [2.75, 3.05) is 22.1 Å². The van der Waals surface area contributed by atoms with Gasteiger partial charge in [0.1, 0.15) is 22.1 Å². The number of nitrogens with one attached hydrogen (secondary N) is 2. The summed E-state index contributed by atoms with van der Waals surface area (Å²) in [5, 5.41) is 7.56. The van der Waals surface area contributed by atoms with Gasteiger partial charge in [-0.05, 0) is 85.8 Å². The maximum Gasteiger partial charge on any atom is 0.242 e. The van der Waals surface area contributed by atoms with E-state index in [-0.39, 0.29) is 0 Å². The van der Waals surface area contributed by atoms with E-state index in [1.54, 1.807) is 0 Å². The van der Waals surface area contributed by atoms with Gasteiger partial charge in [0.15, 0.2) is 0 Å². The van der Waals surface area contributed by atoms with Crippen LogP contribution in [0.25, 0.3) is 55.5 Å². The van der Waals surface area contributed by atoms with Gasteiger partial charge >= 0.3 is 0 Å². The Morgan fingerprint density at radius 1 is 0.464 bits per heavy atom. The highest BCUT2D eigenvalue weighted by Crippen LogP contribution is 2.30. The highest BCUT2D eigenvalue weighted by atomic mass is 15.0. The first-order chi connectivity index (χ1) is 27.2. The number of nitrogen functional groups attached to an aromatic ring is 2. The third kappa shape index (κ3) is 6.15. The second kappa shape index (κ2) is 14.0. The van der Waals surface area contributed by atoms with Crippen molar-refractivity contribution in [3.63, 3.8) is 0 Å². The Balaban J connectivity index is 1.05. The molecule has 0 aliphatic carbocycles. The molecule has 56 heavy (non-hydrogen) atoms. The number of hydrogen-bond acceptors (Lipinski definition) is 6. The number of aromatic nitrogens is 4. The lowest BCUT2D eigenvalue weighted by molar-refractivity contribution is -0.538. The largest absolute Gasteiger partial charge is 0.398 e. The second-order valence-electron chi connectivity index (χ2n) is 14.7. The minimum absolute atomic E-state index is 0.657. The fourth-order valence-electron chi connectivity index (χ4n) is 7.82. The van der Waals surface area contributed by atoms with Gasteiger partial charge in [-0.2, -0.15) is 0 Å². The van der Waals surface area contributed by atoms with Crippen LogP contribution in [-0.4, -0.2) is 9.97 Å². The Kier molecular flexibility index (Phi) is 8.66. The van der Waals surface area contributed by atoms with Gasteiger partial charge in [-0.1, -0.05) is 60.7 Å². The molecule has 0 bridgehead atoms. The molecule has 0 radical (unpaired) electrons. The summed E-state index contributed by atoms with van der Waals surface area (Å²) in [5.74, 6) is 0. The lowest BCUT2D eigenvalue weighted by Crippen LogP contribution is -2.34. The molecule has 7 aromatic carbocycles. The van der Waals surface area contributed by atoms with Crippen LogP contribution in [0.15, 0.2) is 133 Å². The zero-order valence-electron chi connectivity index (χ0n) is 32.1. The van der Waals surface area contributed by atoms with E-state index >= 15 is 0 Å². The van der Waals surface area contributed by atoms with Crippen molar-refractivity contribution >= 4 is 66.9 Å². The number of anilines is 4. The molecule has 6 N–H and O–H groups in total. The summed E-state index contributed by atoms with van der Waals surface area (Å²) in [6, 6.07) is 46.3. The van der Waals surface area contributed by atoms with Gasteiger partial charge in [0.2, 0.25) is 33.4 Å². The van der Waals surface area contributed by atoms with Crippen LogP contribution >= 0.6 is 0 Å². The van der Waals surface area contributed by atoms with Crippen LogP contribution in [0.2, 0.25) is 0 Å². The molecular formula is C48H44N8+2. The molecule has 9 aromatic rings. The molecular weight excluding hydrogens is 689 g/mol. The predicted octanol–water partition coefficient (Wildman–Crippen LogP) is 9.27. The van der Waals surface area contributed by atoms with Crippen LogP contribution in [0.3, 0.4) is 0 Å². The highest BCUT2D eigenvalue weighted by molar-refractivity contribution is 5.89. The molecule has 0 amide bonds. The summed E-state index contributed by atoms with van der Waals surface area (Å²) >= 11 is 0. The van der Waals surface area contributed by atoms with Crippen LogP contribution in [-0.2, 0) is 13.1 Å². The highest BCUT2D eigenvalue weighted by Gasteiger charge is 2.25. The molecule has 0 aliphatic rings. The zero-order valence-corrected chi connectivity index (χ0v) is 32.1. The van der Waals surface area contributed by atoms with E-state index in [9.17, 15) is 0 Å². The van der Waals surface area contributed by atoms with Gasteiger partial charge in [-0.25, -0.2) is 9.97 Å². The first-order valence-corrected chi connectivity index (χ1v) is 19.0. The molecule has 0 fully saturated rings. The number of nitrogens with two attached hydrogens (primary N) is 2. The fraction of sp³-hybridized carbons (Fsp3) is 0.125. The van der Waals surface area contributed by atoms with Crippen molar-refractivity contribution in [3.8, 4) is 11.4 Å². The SMILES string of the molecule is Cc1cc2nc3cc(C)c(NCc4ccccc4CNc4ccc5nc6cc(C)c(N)cc6[n+](-c6ccccc6)c5c4C)cc3[n+](-c3ccccc3)c2cc1N. The molecule has 9 rings (SSSR count). The Bertz CT molecular complexity index is 2930. The van der Waals surface area contributed by atoms with Gasteiger partial charge < -0.3 is 22.1 Å². The summed E-state index contributed by atoms with van der Waals surface area (Å²) in [4.78, 5) is 10.2. The van der Waals surface area contributed by atoms with Crippen LogP contribution in [0, 0.1) is 27.7 Å². The Morgan fingerprint density at radius 3 is 1.52 bits per heavy atom. The van der Waals surface area contributed by atoms with E-state index in [4.69, 9.17) is 21.4 Å². The molecule has 274 valence electrons. The number of fused-ring (bicyclic) bond motifs is 4. The van der Waals surface area contributed by atoms with Gasteiger partial charge in [0.25, 0.3) is 0 Å². The van der Waals surface area contributed by atoms with E-state index in [1.807, 2.05) is 38.1 Å². The molecule has 0 aliphatic heterocycles. The number of hydrogen-bond donors (Lipinski definition) is 4. The summed E-state index contributed by atoms with van der Waals surface area (Å²) in [6.07, 6.45) is 0. The quantitative estimate of drug-likeness (QED) is 0.0705. The number of rotatable bonds is 8. The Labute approximate surface area is 326 Å². The normalized spacial score (nSPS) is 11.5. The monoisotopic (exact) mass is 732 g/mol. The zero-order chi connectivity index (χ0) is 38.5. The third-order valence-electron chi connectivity index (χ3n) is 11.0. The number of benzene rings is 7. The average molecular weight is 733 g/mol. The molecule has 8 nitrogen and oxygen atoms in total. The molecule has 0 unspecified atom stereocenters. The molecule has 0 atom stereocenters. The fourth-order valence-corrected chi connectivity index (χ4v) is 7.82. The molecule has 2 heterocycles. The lowest BCUT2D eigenvalue weighted by Gasteiger charge is -2.16. The van der Waals surface area contributed by atoms with Crippen LogP contribution in [0.5, 0.6) is 0 Å². The second-order valence-corrected chi connectivity index (χ2v) is 14.7. The number of aryl methyl sites for hydroxylation is 4. The van der Waals surface area contributed by atoms with Crippen LogP contribution in [0.1, 0.15) is 33.4 Å². The minimum Gasteiger partial charge on any atom is -0.398 e. The Morgan fingerprint density at radius 2 is 0.929 bits per heavy atom. The molecule has 8 heteroatoms. The van der Waals surface area contributed by atoms with Crippen molar-refractivity contribution in [2.24, 2.45) is 0 Å². The van der Waals surface area contributed by atoms with Crippen LogP contribution in [0.4, 0.5) is 22.7 Å². The minimum atomic E-state index is 0.657. The van der Waals surface area contributed by atoms with Gasteiger partial charge in [0.05, 0.1) is 0 Å². The first kappa shape index (κ1) is 34.7. The third-order valence-corrected chi connectivity index (χ3v) is 11.0. The lowest BCUT2D eigenvalue weighted by atomic mass is 10.1. The number of para-hydroxylation sites is 2. The number of nitrogens with zero attached hydrogens (tertiary/aromatic N) is 4. The van der Waals surface area contributed by atoms with E-state index in [0.29, 0.717) is 13.1 Å². The van der Waals surface area contributed by atoms with E-state index in [0.717, 1.165) is 101 Å². The van der Waals surface area contributed by atoms with E-state index < -0.39 is 0 Å². The van der Waals surface area contributed by atoms with Crippen molar-refractivity contribution < 1.29 is 9.13 Å². The van der Waals surface area contributed by atoms with Crippen molar-refractivity contribution in [2.45, 2.75) is 40.8 Å². The smallest absolute Gasteiger partial charge is 0.242 e. The van der Waals surface area contributed by atoms with E-state index in [2.05, 4.69) is 143 Å². The molecule has 0 saturated carbocycles. The van der Waals surface area contributed by atoms with Crippen LogP contribution < -0.4 is 31.2 Å². The average Bonchev–Trinajstić information content (AvgIpc) is 3.20. The van der Waals surface area contributed by atoms with Crippen molar-refractivity contribution in [1.29, 1.82) is 0 Å². The maximum atomic E-state index is 6.46. The van der Waals surface area contributed by atoms with Gasteiger partial charge in [-0.15, -0.1) is 9.13 Å². The van der Waals surface area contributed by atoms with Gasteiger partial charge in [0, 0.05) is 83.9 Å². The van der Waals surface area contributed by atoms with Crippen molar-refractivity contribution in [3.05, 3.63) is 167 Å². The summed E-state index contributed by atoms with van der Waals surface area (Å²) < 4.78 is 4.55. The Hall–Kier alpha value is -7.06. The predicted molar refractivity (Wildman–Crippen MR) is 230 cm³/mol. The maximum absolute atomic E-state index is 6.46. The van der Waals surface area contributed by atoms with E-state index in [1.165, 1.54) is 11.1 Å². The first-order valence-electron chi connectivity index (χ1n) is 19.0. The molecule has 0 spiro atoms. The summed E-state index contributed by atoms with van der Waals surface area (Å²) in [6.45, 7) is 9.67. The van der Waals surface area contributed by atoms with Crippen molar-refractivity contribution in [1.82, 2.24) is 9.97 Å².